The van der Waals surface area contributed by atoms with E-state index in [1.807, 2.05) is 13.8 Å². The van der Waals surface area contributed by atoms with Gasteiger partial charge in [-0.25, -0.2) is 4.39 Å². The zero-order chi connectivity index (χ0) is 26.1. The van der Waals surface area contributed by atoms with Crippen molar-refractivity contribution in [3.05, 3.63) is 69.9 Å². The number of ether oxygens (including phenoxy) is 1. The Morgan fingerprint density at radius 2 is 2.11 bits per heavy atom. The fraction of sp³-hybridized carbons (Fsp3) is 0.444. The highest BCUT2D eigenvalue weighted by Gasteiger charge is 2.35. The number of halogens is 1. The maximum absolute atomic E-state index is 13.5. The van der Waals surface area contributed by atoms with Gasteiger partial charge in [0, 0.05) is 38.0 Å². The molecule has 2 heterocycles. The van der Waals surface area contributed by atoms with Crippen LogP contribution in [0.2, 0.25) is 0 Å². The number of carbonyl (C=O) groups excluding carboxylic acids is 2. The number of rotatable bonds is 9. The minimum absolute atomic E-state index is 0.204. The van der Waals surface area contributed by atoms with Gasteiger partial charge in [0.25, 0.3) is 11.8 Å². The summed E-state index contributed by atoms with van der Waals surface area (Å²) in [7, 11) is 0. The van der Waals surface area contributed by atoms with E-state index in [4.69, 9.17) is 4.74 Å². The molecule has 1 unspecified atom stereocenters. The minimum Gasteiger partial charge on any atom is -0.509 e. The van der Waals surface area contributed by atoms with Crippen molar-refractivity contribution < 1.29 is 23.8 Å². The number of nitrogens with one attached hydrogen (secondary N) is 2. The topological polar surface area (TPSA) is 103 Å². The predicted molar refractivity (Wildman–Crippen MR) is 137 cm³/mol. The van der Waals surface area contributed by atoms with Crippen LogP contribution in [0, 0.1) is 5.82 Å². The van der Waals surface area contributed by atoms with Crippen molar-refractivity contribution in [1.82, 2.24) is 15.5 Å². The second-order valence-corrected chi connectivity index (χ2v) is 8.90. The highest BCUT2D eigenvalue weighted by atomic mass is 19.1. The molecule has 1 aromatic rings. The molecule has 3 rings (SSSR count). The Morgan fingerprint density at radius 3 is 2.83 bits per heavy atom. The molecule has 3 N–H and O–H groups in total. The highest BCUT2D eigenvalue weighted by molar-refractivity contribution is 6.19. The molecule has 0 saturated carbocycles. The molecule has 8 nitrogen and oxygen atoms in total. The molecule has 9 heteroatoms. The Morgan fingerprint density at radius 1 is 1.36 bits per heavy atom. The maximum atomic E-state index is 13.5. The fourth-order valence-electron chi connectivity index (χ4n) is 4.28. The number of aliphatic imine (C=N–C) groups is 1. The quantitative estimate of drug-likeness (QED) is 0.276. The molecule has 1 atom stereocenters. The van der Waals surface area contributed by atoms with Crippen molar-refractivity contribution in [3.8, 4) is 0 Å². The molecule has 0 radical (unpaired) electrons. The van der Waals surface area contributed by atoms with Crippen LogP contribution in [-0.2, 0) is 20.7 Å². The first-order valence-electron chi connectivity index (χ1n) is 12.3. The molecule has 2 aliphatic heterocycles. The van der Waals surface area contributed by atoms with Crippen LogP contribution in [0.1, 0.15) is 32.8 Å². The molecular formula is C27H35FN4O4. The van der Waals surface area contributed by atoms with Gasteiger partial charge in [0.05, 0.1) is 25.8 Å². The number of amides is 2. The second kappa shape index (κ2) is 13.0. The second-order valence-electron chi connectivity index (χ2n) is 8.90. The summed E-state index contributed by atoms with van der Waals surface area (Å²) in [4.78, 5) is 32.3. The van der Waals surface area contributed by atoms with Gasteiger partial charge in [0.1, 0.15) is 17.1 Å². The number of piperazine rings is 1. The van der Waals surface area contributed by atoms with Gasteiger partial charge >= 0.3 is 0 Å². The van der Waals surface area contributed by atoms with Crippen molar-refractivity contribution in [2.75, 3.05) is 39.4 Å². The van der Waals surface area contributed by atoms with Crippen LogP contribution in [-0.4, -0.2) is 73.5 Å². The molecule has 0 spiro atoms. The summed E-state index contributed by atoms with van der Waals surface area (Å²) in [6.45, 7) is 7.50. The van der Waals surface area contributed by atoms with Crippen molar-refractivity contribution in [2.24, 2.45) is 4.99 Å². The van der Waals surface area contributed by atoms with E-state index < -0.39 is 11.8 Å². The predicted octanol–water partition coefficient (Wildman–Crippen LogP) is 2.83. The summed E-state index contributed by atoms with van der Waals surface area (Å²) in [5.74, 6) is -1.89. The van der Waals surface area contributed by atoms with E-state index in [2.05, 4.69) is 28.6 Å². The van der Waals surface area contributed by atoms with Crippen molar-refractivity contribution >= 4 is 18.0 Å². The monoisotopic (exact) mass is 498 g/mol. The van der Waals surface area contributed by atoms with Gasteiger partial charge in [0.2, 0.25) is 0 Å². The van der Waals surface area contributed by atoms with Gasteiger partial charge in [-0.3, -0.25) is 14.6 Å². The average Bonchev–Trinajstić information content (AvgIpc) is 2.84. The van der Waals surface area contributed by atoms with Crippen molar-refractivity contribution in [2.45, 2.75) is 39.7 Å². The molecule has 2 bridgehead atoms. The van der Waals surface area contributed by atoms with Gasteiger partial charge in [-0.15, -0.1) is 0 Å². The lowest BCUT2D eigenvalue weighted by Gasteiger charge is -2.38. The number of nitrogens with zero attached hydrogens (tertiary/aromatic N) is 2. The van der Waals surface area contributed by atoms with Gasteiger partial charge < -0.3 is 25.4 Å². The largest absolute Gasteiger partial charge is 0.509 e. The lowest BCUT2D eigenvalue weighted by molar-refractivity contribution is -0.132. The standard InChI is InChI=1S/C27H35FN4O4/c1-4-5-18(2)17-36-13-11-31-26(34)24-23(33)16-29-15-21(14-20-6-8-22(28)9-7-20)25-19(3)32(27(24)35)12-10-30-25/h5-9,15,19,30,33H,4,10-14,16-17H2,1-3H3,(H,31,34)/b18-5+,24-23+,25-21+,29-15?. The number of aliphatic hydroxyl groups excluding tert-OH is 1. The SMILES string of the molecule is CC/C=C(\C)COCCNC(=O)/C1=C(\O)CN=C/C(Cc2ccc(F)cc2)=C2/NCCN(C1=O)C2C. The van der Waals surface area contributed by atoms with Crippen molar-refractivity contribution in [1.29, 1.82) is 0 Å². The lowest BCUT2D eigenvalue weighted by atomic mass is 9.97. The van der Waals surface area contributed by atoms with Gasteiger partial charge in [0.15, 0.2) is 0 Å². The van der Waals surface area contributed by atoms with Crippen LogP contribution >= 0.6 is 0 Å². The molecule has 1 aromatic carbocycles. The maximum Gasteiger partial charge on any atom is 0.263 e. The number of benzene rings is 1. The first kappa shape index (κ1) is 27.1. The van der Waals surface area contributed by atoms with E-state index in [1.54, 1.807) is 23.2 Å². The summed E-state index contributed by atoms with van der Waals surface area (Å²) >= 11 is 0. The zero-order valence-corrected chi connectivity index (χ0v) is 21.1. The lowest BCUT2D eigenvalue weighted by Crippen LogP contribution is -2.53. The Labute approximate surface area is 211 Å². The molecule has 0 aliphatic carbocycles. The van der Waals surface area contributed by atoms with Gasteiger partial charge in [-0.1, -0.05) is 30.7 Å². The van der Waals surface area contributed by atoms with E-state index >= 15 is 0 Å². The third kappa shape index (κ3) is 7.04. The molecule has 36 heavy (non-hydrogen) atoms. The van der Waals surface area contributed by atoms with Crippen LogP contribution in [0.15, 0.2) is 63.5 Å². The Kier molecular flexibility index (Phi) is 9.81. The summed E-state index contributed by atoms with van der Waals surface area (Å²) in [6.07, 6.45) is 5.12. The van der Waals surface area contributed by atoms with Crippen LogP contribution in [0.5, 0.6) is 0 Å². The fourth-order valence-corrected chi connectivity index (χ4v) is 4.28. The zero-order valence-electron chi connectivity index (χ0n) is 21.1. The molecule has 2 aliphatic rings. The number of hydrogen-bond donors (Lipinski definition) is 3. The van der Waals surface area contributed by atoms with Crippen LogP contribution in [0.4, 0.5) is 4.39 Å². The van der Waals surface area contributed by atoms with E-state index in [-0.39, 0.29) is 42.9 Å². The number of allylic oxidation sites excluding steroid dienone is 2. The van der Waals surface area contributed by atoms with E-state index in [1.165, 1.54) is 12.1 Å². The third-order valence-electron chi connectivity index (χ3n) is 6.10. The Balaban J connectivity index is 1.77. The highest BCUT2D eigenvalue weighted by Crippen LogP contribution is 2.23. The first-order valence-corrected chi connectivity index (χ1v) is 12.3. The molecule has 194 valence electrons. The summed E-state index contributed by atoms with van der Waals surface area (Å²) in [5.41, 5.74) is 3.34. The third-order valence-corrected chi connectivity index (χ3v) is 6.10. The first-order chi connectivity index (χ1) is 17.3. The van der Waals surface area contributed by atoms with E-state index in [9.17, 15) is 19.1 Å². The van der Waals surface area contributed by atoms with Gasteiger partial charge in [-0.05, 0) is 43.5 Å². The average molecular weight is 499 g/mol. The summed E-state index contributed by atoms with van der Waals surface area (Å²) in [5, 5.41) is 16.7. The molecular weight excluding hydrogens is 463 g/mol. The number of hydrogen-bond acceptors (Lipinski definition) is 6. The normalized spacial score (nSPS) is 22.9. The molecule has 1 saturated heterocycles. The van der Waals surface area contributed by atoms with Crippen LogP contribution < -0.4 is 10.6 Å². The van der Waals surface area contributed by atoms with E-state index in [0.717, 1.165) is 28.8 Å². The number of aliphatic hydroxyl groups is 1. The van der Waals surface area contributed by atoms with E-state index in [0.29, 0.717) is 26.1 Å². The molecule has 0 aromatic heterocycles. The van der Waals surface area contributed by atoms with Crippen LogP contribution in [0.3, 0.4) is 0 Å². The molecule has 1 fully saturated rings. The molecule has 2 amide bonds. The number of fused-ring (bicyclic) bond motifs is 2. The Bertz CT molecular complexity index is 1080. The minimum atomic E-state index is -0.652. The Hall–Kier alpha value is -3.46. The summed E-state index contributed by atoms with van der Waals surface area (Å²) < 4.78 is 18.9. The smallest absolute Gasteiger partial charge is 0.263 e. The van der Waals surface area contributed by atoms with Crippen LogP contribution in [0.25, 0.3) is 0 Å². The summed E-state index contributed by atoms with van der Waals surface area (Å²) in [6, 6.07) is 5.84. The van der Waals surface area contributed by atoms with Crippen molar-refractivity contribution in [3.63, 3.8) is 0 Å². The van der Waals surface area contributed by atoms with Gasteiger partial charge in [-0.2, -0.15) is 0 Å². The number of carbonyl (C=O) groups is 2.